The van der Waals surface area contributed by atoms with Crippen molar-refractivity contribution in [2.45, 2.75) is 0 Å². The fourth-order valence-electron chi connectivity index (χ4n) is 3.43. The summed E-state index contributed by atoms with van der Waals surface area (Å²) in [5.74, 6) is -1.41. The molecule has 3 aromatic rings. The highest BCUT2D eigenvalue weighted by atomic mass is 79.9. The number of hydrogen-bond donors (Lipinski definition) is 3. The summed E-state index contributed by atoms with van der Waals surface area (Å²) in [6.45, 7) is 2.13. The Balaban J connectivity index is 1.49. The van der Waals surface area contributed by atoms with Crippen LogP contribution in [-0.2, 0) is 4.74 Å². The van der Waals surface area contributed by atoms with Gasteiger partial charge in [-0.05, 0) is 52.3 Å². The second-order valence-electron chi connectivity index (χ2n) is 7.46. The maximum absolute atomic E-state index is 14.8. The average molecular weight is 526 g/mol. The number of nitrogens with zero attached hydrogens (tertiary/aromatic N) is 2. The van der Waals surface area contributed by atoms with Crippen LogP contribution in [0.1, 0.15) is 26.3 Å². The first-order chi connectivity index (χ1) is 16.4. The summed E-state index contributed by atoms with van der Waals surface area (Å²) >= 11 is 3.28. The zero-order chi connectivity index (χ0) is 24.1. The Morgan fingerprint density at radius 3 is 2.44 bits per heavy atom. The first kappa shape index (κ1) is 23.5. The van der Waals surface area contributed by atoms with Gasteiger partial charge in [-0.3, -0.25) is 15.0 Å². The van der Waals surface area contributed by atoms with E-state index in [-0.39, 0.29) is 22.6 Å². The van der Waals surface area contributed by atoms with E-state index in [1.165, 1.54) is 18.2 Å². The van der Waals surface area contributed by atoms with Crippen molar-refractivity contribution in [2.75, 3.05) is 36.9 Å². The Bertz CT molecular complexity index is 1230. The summed E-state index contributed by atoms with van der Waals surface area (Å²) in [5, 5.41) is 13.6. The van der Waals surface area contributed by atoms with Gasteiger partial charge in [-0.25, -0.2) is 9.37 Å². The molecule has 34 heavy (non-hydrogen) atoms. The normalized spacial score (nSPS) is 13.3. The van der Waals surface area contributed by atoms with Crippen molar-refractivity contribution in [3.63, 3.8) is 0 Å². The molecule has 0 atom stereocenters. The SMILES string of the molecule is N=C(c1ccc(C(=O)Nc2ccccc2C(=O)Nc2ccc(Br)cn2)c(F)c1)N1CCOCC1. The standard InChI is InChI=1S/C24H21BrFN5O3/c25-16-6-8-21(28-14-16)30-24(33)18-3-1-2-4-20(18)29-23(32)17-7-5-15(13-19(17)26)22(27)31-9-11-34-12-10-31/h1-8,13-14,27H,9-12H2,(H,29,32)(H,28,30,33). The molecule has 2 heterocycles. The van der Waals surface area contributed by atoms with Crippen LogP contribution >= 0.6 is 15.9 Å². The predicted octanol–water partition coefficient (Wildman–Crippen LogP) is 4.15. The van der Waals surface area contributed by atoms with Crippen LogP contribution in [0.4, 0.5) is 15.9 Å². The van der Waals surface area contributed by atoms with Gasteiger partial charge in [0.05, 0.1) is 30.0 Å². The maximum atomic E-state index is 14.8. The number of amidine groups is 1. The van der Waals surface area contributed by atoms with Crippen LogP contribution in [0.2, 0.25) is 0 Å². The van der Waals surface area contributed by atoms with Crippen LogP contribution < -0.4 is 10.6 Å². The maximum Gasteiger partial charge on any atom is 0.258 e. The fourth-order valence-corrected chi connectivity index (χ4v) is 3.66. The molecule has 0 aliphatic carbocycles. The smallest absolute Gasteiger partial charge is 0.258 e. The lowest BCUT2D eigenvalue weighted by Gasteiger charge is -2.29. The first-order valence-electron chi connectivity index (χ1n) is 10.5. The number of rotatable bonds is 5. The number of para-hydroxylation sites is 1. The van der Waals surface area contributed by atoms with E-state index in [9.17, 15) is 14.0 Å². The Labute approximate surface area is 203 Å². The van der Waals surface area contributed by atoms with Crippen molar-refractivity contribution in [1.29, 1.82) is 5.41 Å². The van der Waals surface area contributed by atoms with Gasteiger partial charge in [-0.1, -0.05) is 18.2 Å². The number of amides is 2. The van der Waals surface area contributed by atoms with Crippen molar-refractivity contribution >= 4 is 45.1 Å². The second kappa shape index (κ2) is 10.5. The zero-order valence-electron chi connectivity index (χ0n) is 18.0. The van der Waals surface area contributed by atoms with Gasteiger partial charge in [0, 0.05) is 29.3 Å². The molecule has 174 valence electrons. The quantitative estimate of drug-likeness (QED) is 0.342. The van der Waals surface area contributed by atoms with E-state index in [1.807, 2.05) is 0 Å². The molecule has 1 fully saturated rings. The molecule has 0 bridgehead atoms. The summed E-state index contributed by atoms with van der Waals surface area (Å²) in [4.78, 5) is 31.5. The lowest BCUT2D eigenvalue weighted by atomic mass is 10.1. The highest BCUT2D eigenvalue weighted by molar-refractivity contribution is 9.10. The molecule has 10 heteroatoms. The van der Waals surface area contributed by atoms with Crippen molar-refractivity contribution in [2.24, 2.45) is 0 Å². The van der Waals surface area contributed by atoms with Crippen LogP contribution in [0.5, 0.6) is 0 Å². The highest BCUT2D eigenvalue weighted by Gasteiger charge is 2.20. The van der Waals surface area contributed by atoms with Crippen LogP contribution in [0.15, 0.2) is 65.3 Å². The molecule has 2 amide bonds. The molecular formula is C24H21BrFN5O3. The lowest BCUT2D eigenvalue weighted by molar-refractivity contribution is 0.0680. The number of carbonyl (C=O) groups is 2. The van der Waals surface area contributed by atoms with E-state index in [2.05, 4.69) is 31.5 Å². The Kier molecular flexibility index (Phi) is 7.29. The van der Waals surface area contributed by atoms with E-state index < -0.39 is 17.6 Å². The van der Waals surface area contributed by atoms with Crippen molar-refractivity contribution in [3.05, 3.63) is 87.8 Å². The third-order valence-corrected chi connectivity index (χ3v) is 5.67. The molecule has 0 spiro atoms. The van der Waals surface area contributed by atoms with Crippen molar-refractivity contribution in [1.82, 2.24) is 9.88 Å². The van der Waals surface area contributed by atoms with Gasteiger partial charge in [0.25, 0.3) is 11.8 Å². The van der Waals surface area contributed by atoms with Crippen LogP contribution in [-0.4, -0.2) is 53.8 Å². The number of morpholine rings is 1. The molecule has 8 nitrogen and oxygen atoms in total. The molecule has 0 radical (unpaired) electrons. The molecule has 4 rings (SSSR count). The average Bonchev–Trinajstić information content (AvgIpc) is 2.85. The van der Waals surface area contributed by atoms with Gasteiger partial charge in [0.15, 0.2) is 0 Å². The predicted molar refractivity (Wildman–Crippen MR) is 130 cm³/mol. The Hall–Kier alpha value is -3.63. The summed E-state index contributed by atoms with van der Waals surface area (Å²) in [6, 6.07) is 13.8. The number of ether oxygens (including phenoxy) is 1. The minimum Gasteiger partial charge on any atom is -0.378 e. The zero-order valence-corrected chi connectivity index (χ0v) is 19.6. The largest absolute Gasteiger partial charge is 0.378 e. The highest BCUT2D eigenvalue weighted by Crippen LogP contribution is 2.20. The van der Waals surface area contributed by atoms with Gasteiger partial charge in [0.2, 0.25) is 0 Å². The monoisotopic (exact) mass is 525 g/mol. The topological polar surface area (TPSA) is 107 Å². The summed E-state index contributed by atoms with van der Waals surface area (Å²) in [5.41, 5.74) is 0.611. The summed E-state index contributed by atoms with van der Waals surface area (Å²) < 4.78 is 20.9. The molecule has 1 aliphatic rings. The molecule has 2 aromatic carbocycles. The number of halogens is 2. The van der Waals surface area contributed by atoms with Crippen molar-refractivity contribution < 1.29 is 18.7 Å². The lowest BCUT2D eigenvalue weighted by Crippen LogP contribution is -2.40. The van der Waals surface area contributed by atoms with E-state index in [0.29, 0.717) is 37.7 Å². The van der Waals surface area contributed by atoms with Gasteiger partial charge in [-0.2, -0.15) is 0 Å². The van der Waals surface area contributed by atoms with E-state index in [4.69, 9.17) is 10.1 Å². The molecule has 0 unspecified atom stereocenters. The second-order valence-corrected chi connectivity index (χ2v) is 8.37. The fraction of sp³-hybridized carbons (Fsp3) is 0.167. The molecule has 1 aliphatic heterocycles. The molecule has 3 N–H and O–H groups in total. The van der Waals surface area contributed by atoms with E-state index >= 15 is 0 Å². The Morgan fingerprint density at radius 1 is 1.00 bits per heavy atom. The van der Waals surface area contributed by atoms with Gasteiger partial charge < -0.3 is 20.3 Å². The number of carbonyl (C=O) groups excluding carboxylic acids is 2. The number of pyridine rings is 1. The van der Waals surface area contributed by atoms with Gasteiger partial charge >= 0.3 is 0 Å². The number of aromatic nitrogens is 1. The molecule has 1 aromatic heterocycles. The van der Waals surface area contributed by atoms with Crippen LogP contribution in [0.3, 0.4) is 0 Å². The van der Waals surface area contributed by atoms with Gasteiger partial charge in [-0.15, -0.1) is 0 Å². The van der Waals surface area contributed by atoms with E-state index in [1.54, 1.807) is 47.5 Å². The minimum atomic E-state index is -0.756. The van der Waals surface area contributed by atoms with E-state index in [0.717, 1.165) is 4.47 Å². The number of hydrogen-bond acceptors (Lipinski definition) is 5. The third kappa shape index (κ3) is 5.46. The van der Waals surface area contributed by atoms with Gasteiger partial charge in [0.1, 0.15) is 17.5 Å². The summed E-state index contributed by atoms with van der Waals surface area (Å²) in [6.07, 6.45) is 1.55. The molecule has 1 saturated heterocycles. The minimum absolute atomic E-state index is 0.178. The van der Waals surface area contributed by atoms with Crippen LogP contribution in [0.25, 0.3) is 0 Å². The Morgan fingerprint density at radius 2 is 1.74 bits per heavy atom. The number of benzene rings is 2. The number of anilines is 2. The van der Waals surface area contributed by atoms with Crippen LogP contribution in [0, 0.1) is 11.2 Å². The molecule has 0 saturated carbocycles. The summed E-state index contributed by atoms with van der Waals surface area (Å²) in [7, 11) is 0. The van der Waals surface area contributed by atoms with Crippen molar-refractivity contribution in [3.8, 4) is 0 Å². The first-order valence-corrected chi connectivity index (χ1v) is 11.3. The number of nitrogens with one attached hydrogen (secondary N) is 3. The third-order valence-electron chi connectivity index (χ3n) is 5.20. The molecular weight excluding hydrogens is 505 g/mol.